The number of likely N-dealkylation sites (N-methyl/N-ethyl adjacent to an activating group) is 1. The molecule has 1 aromatic carbocycles. The molecule has 4 nitrogen and oxygen atoms in total. The van der Waals surface area contributed by atoms with E-state index in [-0.39, 0.29) is 0 Å². The number of benzene rings is 1. The van der Waals surface area contributed by atoms with Crippen molar-refractivity contribution in [3.05, 3.63) is 35.9 Å². The first-order valence-corrected chi connectivity index (χ1v) is 6.41. The molecule has 2 N–H and O–H groups in total. The predicted octanol–water partition coefficient (Wildman–Crippen LogP) is 1.19. The first kappa shape index (κ1) is 15.1. The predicted molar refractivity (Wildman–Crippen MR) is 71.5 cm³/mol. The molecule has 102 valence electrons. The minimum atomic E-state index is -0.560. The minimum Gasteiger partial charge on any atom is -0.388 e. The van der Waals surface area contributed by atoms with Crippen molar-refractivity contribution in [3.8, 4) is 0 Å². The van der Waals surface area contributed by atoms with Gasteiger partial charge in [0.25, 0.3) is 0 Å². The van der Waals surface area contributed by atoms with Crippen LogP contribution in [0.3, 0.4) is 0 Å². The highest BCUT2D eigenvalue weighted by Gasteiger charge is 2.04. The van der Waals surface area contributed by atoms with E-state index in [0.29, 0.717) is 26.4 Å². The number of ether oxygens (including phenoxy) is 2. The summed E-state index contributed by atoms with van der Waals surface area (Å²) < 4.78 is 10.7. The maximum atomic E-state index is 9.61. The van der Waals surface area contributed by atoms with E-state index in [0.717, 1.165) is 18.7 Å². The molecule has 1 rings (SSSR count). The molecular formula is C14H23NO3. The van der Waals surface area contributed by atoms with Gasteiger partial charge in [0, 0.05) is 6.54 Å². The molecule has 0 fully saturated rings. The smallest absolute Gasteiger partial charge is 0.101 e. The first-order valence-electron chi connectivity index (χ1n) is 6.41. The molecular weight excluding hydrogens is 230 g/mol. The first-order chi connectivity index (χ1) is 8.83. The topological polar surface area (TPSA) is 50.7 Å². The van der Waals surface area contributed by atoms with E-state index in [1.807, 2.05) is 37.3 Å². The Morgan fingerprint density at radius 1 is 1.17 bits per heavy atom. The van der Waals surface area contributed by atoms with Gasteiger partial charge in [-0.25, -0.2) is 0 Å². The Morgan fingerprint density at radius 3 is 2.61 bits per heavy atom. The Labute approximate surface area is 109 Å². The van der Waals surface area contributed by atoms with Gasteiger partial charge < -0.3 is 19.9 Å². The SMILES string of the molecule is CCNCCOCC(O)COCc1ccccc1. The van der Waals surface area contributed by atoms with Gasteiger partial charge in [0.15, 0.2) is 0 Å². The summed E-state index contributed by atoms with van der Waals surface area (Å²) in [6.45, 7) is 5.56. The lowest BCUT2D eigenvalue weighted by atomic mass is 10.2. The lowest BCUT2D eigenvalue weighted by molar-refractivity contribution is -0.0226. The van der Waals surface area contributed by atoms with Crippen molar-refractivity contribution in [1.82, 2.24) is 5.32 Å². The van der Waals surface area contributed by atoms with Crippen molar-refractivity contribution in [2.45, 2.75) is 19.6 Å². The highest BCUT2D eigenvalue weighted by molar-refractivity contribution is 5.13. The summed E-state index contributed by atoms with van der Waals surface area (Å²) in [5.74, 6) is 0. The summed E-state index contributed by atoms with van der Waals surface area (Å²) in [7, 11) is 0. The molecule has 0 aromatic heterocycles. The Bertz CT molecular complexity index is 292. The highest BCUT2D eigenvalue weighted by Crippen LogP contribution is 2.01. The van der Waals surface area contributed by atoms with E-state index >= 15 is 0 Å². The second-order valence-electron chi connectivity index (χ2n) is 4.08. The quantitative estimate of drug-likeness (QED) is 0.615. The number of hydrogen-bond donors (Lipinski definition) is 2. The molecule has 0 saturated heterocycles. The second-order valence-corrected chi connectivity index (χ2v) is 4.08. The van der Waals surface area contributed by atoms with E-state index in [4.69, 9.17) is 9.47 Å². The molecule has 4 heteroatoms. The van der Waals surface area contributed by atoms with Gasteiger partial charge >= 0.3 is 0 Å². The molecule has 0 saturated carbocycles. The van der Waals surface area contributed by atoms with Crippen molar-refractivity contribution in [3.63, 3.8) is 0 Å². The van der Waals surface area contributed by atoms with E-state index < -0.39 is 6.10 Å². The zero-order valence-electron chi connectivity index (χ0n) is 11.0. The molecule has 0 radical (unpaired) electrons. The van der Waals surface area contributed by atoms with E-state index in [1.54, 1.807) is 0 Å². The van der Waals surface area contributed by atoms with Crippen LogP contribution in [0.1, 0.15) is 12.5 Å². The third-order valence-corrected chi connectivity index (χ3v) is 2.41. The molecule has 0 amide bonds. The zero-order chi connectivity index (χ0) is 13.1. The summed E-state index contributed by atoms with van der Waals surface area (Å²) >= 11 is 0. The number of nitrogens with one attached hydrogen (secondary N) is 1. The standard InChI is InChI=1S/C14H23NO3/c1-2-15-8-9-17-11-14(16)12-18-10-13-6-4-3-5-7-13/h3-7,14-16H,2,8-12H2,1H3. The maximum Gasteiger partial charge on any atom is 0.101 e. The molecule has 0 bridgehead atoms. The molecule has 1 atom stereocenters. The monoisotopic (exact) mass is 253 g/mol. The van der Waals surface area contributed by atoms with Crippen molar-refractivity contribution < 1.29 is 14.6 Å². The van der Waals surface area contributed by atoms with E-state index in [2.05, 4.69) is 5.32 Å². The molecule has 0 aliphatic heterocycles. The molecule has 18 heavy (non-hydrogen) atoms. The van der Waals surface area contributed by atoms with E-state index in [9.17, 15) is 5.11 Å². The molecule has 0 aliphatic carbocycles. The van der Waals surface area contributed by atoms with Gasteiger partial charge in [0.1, 0.15) is 6.10 Å². The Morgan fingerprint density at radius 2 is 1.89 bits per heavy atom. The molecule has 1 unspecified atom stereocenters. The van der Waals surface area contributed by atoms with Gasteiger partial charge in [-0.2, -0.15) is 0 Å². The Balaban J connectivity index is 1.98. The molecule has 0 heterocycles. The summed E-state index contributed by atoms with van der Waals surface area (Å²) in [4.78, 5) is 0. The fourth-order valence-electron chi connectivity index (χ4n) is 1.48. The number of aliphatic hydroxyl groups is 1. The Hall–Kier alpha value is -0.940. The van der Waals surface area contributed by atoms with Gasteiger partial charge in [0.05, 0.1) is 26.4 Å². The van der Waals surface area contributed by atoms with Crippen molar-refractivity contribution in [1.29, 1.82) is 0 Å². The summed E-state index contributed by atoms with van der Waals surface area (Å²) in [6.07, 6.45) is -0.560. The van der Waals surface area contributed by atoms with Gasteiger partial charge in [-0.3, -0.25) is 0 Å². The van der Waals surface area contributed by atoms with Crippen LogP contribution in [0.25, 0.3) is 0 Å². The van der Waals surface area contributed by atoms with E-state index in [1.165, 1.54) is 0 Å². The number of hydrogen-bond acceptors (Lipinski definition) is 4. The van der Waals surface area contributed by atoms with Crippen LogP contribution in [0, 0.1) is 0 Å². The lowest BCUT2D eigenvalue weighted by Gasteiger charge is -2.12. The van der Waals surface area contributed by atoms with Crippen LogP contribution >= 0.6 is 0 Å². The van der Waals surface area contributed by atoms with Crippen LogP contribution < -0.4 is 5.32 Å². The van der Waals surface area contributed by atoms with Gasteiger partial charge in [-0.05, 0) is 12.1 Å². The fourth-order valence-corrected chi connectivity index (χ4v) is 1.48. The lowest BCUT2D eigenvalue weighted by Crippen LogP contribution is -2.25. The van der Waals surface area contributed by atoms with Crippen molar-refractivity contribution in [2.24, 2.45) is 0 Å². The normalized spacial score (nSPS) is 12.6. The number of rotatable bonds is 10. The minimum absolute atomic E-state index is 0.302. The third-order valence-electron chi connectivity index (χ3n) is 2.41. The zero-order valence-corrected chi connectivity index (χ0v) is 11.0. The summed E-state index contributed by atoms with van der Waals surface area (Å²) in [6, 6.07) is 9.91. The average Bonchev–Trinajstić information content (AvgIpc) is 2.40. The second kappa shape index (κ2) is 10.0. The highest BCUT2D eigenvalue weighted by atomic mass is 16.5. The summed E-state index contributed by atoms with van der Waals surface area (Å²) in [5, 5.41) is 12.8. The molecule has 1 aromatic rings. The van der Waals surface area contributed by atoms with Crippen LogP contribution in [-0.2, 0) is 16.1 Å². The summed E-state index contributed by atoms with van der Waals surface area (Å²) in [5.41, 5.74) is 1.11. The fraction of sp³-hybridized carbons (Fsp3) is 0.571. The van der Waals surface area contributed by atoms with Crippen LogP contribution in [-0.4, -0.2) is 44.1 Å². The third kappa shape index (κ3) is 7.40. The van der Waals surface area contributed by atoms with Gasteiger partial charge in [0.2, 0.25) is 0 Å². The largest absolute Gasteiger partial charge is 0.388 e. The Kier molecular flexibility index (Phi) is 8.42. The van der Waals surface area contributed by atoms with Crippen LogP contribution in [0.15, 0.2) is 30.3 Å². The van der Waals surface area contributed by atoms with Crippen LogP contribution in [0.4, 0.5) is 0 Å². The van der Waals surface area contributed by atoms with Gasteiger partial charge in [-0.15, -0.1) is 0 Å². The van der Waals surface area contributed by atoms with Crippen molar-refractivity contribution >= 4 is 0 Å². The van der Waals surface area contributed by atoms with Crippen LogP contribution in [0.2, 0.25) is 0 Å². The van der Waals surface area contributed by atoms with Gasteiger partial charge in [-0.1, -0.05) is 37.3 Å². The molecule has 0 aliphatic rings. The number of aliphatic hydroxyl groups excluding tert-OH is 1. The van der Waals surface area contributed by atoms with Crippen LogP contribution in [0.5, 0.6) is 0 Å². The molecule has 0 spiro atoms. The maximum absolute atomic E-state index is 9.61. The average molecular weight is 253 g/mol. The van der Waals surface area contributed by atoms with Crippen molar-refractivity contribution in [2.75, 3.05) is 32.9 Å².